The van der Waals surface area contributed by atoms with Crippen LogP contribution in [-0.2, 0) is 20.4 Å². The van der Waals surface area contributed by atoms with Gasteiger partial charge in [0.1, 0.15) is 5.75 Å². The summed E-state index contributed by atoms with van der Waals surface area (Å²) in [4.78, 5) is 13.9. The van der Waals surface area contributed by atoms with Crippen LogP contribution in [0, 0.1) is 0 Å². The van der Waals surface area contributed by atoms with E-state index >= 15 is 0 Å². The van der Waals surface area contributed by atoms with Crippen molar-refractivity contribution in [3.8, 4) is 0 Å². The Labute approximate surface area is 147 Å². The van der Waals surface area contributed by atoms with E-state index in [9.17, 15) is 13.2 Å². The largest absolute Gasteiger partial charge is 0.342 e. The van der Waals surface area contributed by atoms with E-state index in [0.29, 0.717) is 15.6 Å². The monoisotopic (exact) mass is 377 g/mol. The molecule has 1 fully saturated rings. The van der Waals surface area contributed by atoms with Gasteiger partial charge < -0.3 is 4.90 Å². The molecule has 0 heterocycles. The first-order valence-corrected chi connectivity index (χ1v) is 10.3. The molecule has 2 rings (SSSR count). The zero-order chi connectivity index (χ0) is 17.0. The van der Waals surface area contributed by atoms with Crippen LogP contribution in [0.1, 0.15) is 37.7 Å². The SMILES string of the molecule is CN(C(=O)CS(=O)(=O)Cc1c(Cl)cccc1Cl)C1CCCCC1. The zero-order valence-corrected chi connectivity index (χ0v) is 15.4. The molecule has 0 atom stereocenters. The maximum Gasteiger partial charge on any atom is 0.237 e. The average Bonchev–Trinajstić information content (AvgIpc) is 2.51. The molecule has 1 aliphatic carbocycles. The molecule has 4 nitrogen and oxygen atoms in total. The second-order valence-electron chi connectivity index (χ2n) is 6.03. The van der Waals surface area contributed by atoms with E-state index in [1.807, 2.05) is 0 Å². The van der Waals surface area contributed by atoms with Gasteiger partial charge in [-0.2, -0.15) is 0 Å². The molecule has 1 aromatic rings. The van der Waals surface area contributed by atoms with Crippen molar-refractivity contribution < 1.29 is 13.2 Å². The van der Waals surface area contributed by atoms with Crippen LogP contribution in [0.4, 0.5) is 0 Å². The molecule has 1 aromatic carbocycles. The molecule has 0 aromatic heterocycles. The smallest absolute Gasteiger partial charge is 0.237 e. The van der Waals surface area contributed by atoms with E-state index in [1.54, 1.807) is 30.1 Å². The van der Waals surface area contributed by atoms with E-state index in [0.717, 1.165) is 25.7 Å². The highest BCUT2D eigenvalue weighted by molar-refractivity contribution is 7.91. The third kappa shape index (κ3) is 5.10. The third-order valence-electron chi connectivity index (χ3n) is 4.29. The summed E-state index contributed by atoms with van der Waals surface area (Å²) in [6.45, 7) is 0. The normalized spacial score (nSPS) is 16.3. The minimum absolute atomic E-state index is 0.148. The number of carbonyl (C=O) groups is 1. The van der Waals surface area contributed by atoms with Crippen LogP contribution >= 0.6 is 23.2 Å². The number of hydrogen-bond donors (Lipinski definition) is 0. The fourth-order valence-electron chi connectivity index (χ4n) is 2.90. The summed E-state index contributed by atoms with van der Waals surface area (Å²) >= 11 is 12.0. The summed E-state index contributed by atoms with van der Waals surface area (Å²) < 4.78 is 24.7. The highest BCUT2D eigenvalue weighted by Crippen LogP contribution is 2.27. The molecule has 0 unspecified atom stereocenters. The van der Waals surface area contributed by atoms with Crippen LogP contribution in [0.3, 0.4) is 0 Å². The van der Waals surface area contributed by atoms with Crippen LogP contribution in [0.25, 0.3) is 0 Å². The van der Waals surface area contributed by atoms with Crippen molar-refractivity contribution in [1.29, 1.82) is 0 Å². The summed E-state index contributed by atoms with van der Waals surface area (Å²) in [5.74, 6) is -1.20. The number of amides is 1. The number of benzene rings is 1. The topological polar surface area (TPSA) is 54.5 Å². The lowest BCUT2D eigenvalue weighted by Gasteiger charge is -2.31. The molecular weight excluding hydrogens is 357 g/mol. The molecule has 0 saturated heterocycles. The summed E-state index contributed by atoms with van der Waals surface area (Å²) in [5.41, 5.74) is 0.351. The predicted octanol–water partition coefficient (Wildman–Crippen LogP) is 3.70. The van der Waals surface area contributed by atoms with Gasteiger partial charge in [0.15, 0.2) is 9.84 Å². The lowest BCUT2D eigenvalue weighted by molar-refractivity contribution is -0.129. The van der Waals surface area contributed by atoms with Gasteiger partial charge in [-0.15, -0.1) is 0 Å². The van der Waals surface area contributed by atoms with Crippen molar-refractivity contribution >= 4 is 38.9 Å². The highest BCUT2D eigenvalue weighted by Gasteiger charge is 2.27. The Morgan fingerprint density at radius 1 is 1.17 bits per heavy atom. The van der Waals surface area contributed by atoms with Crippen molar-refractivity contribution in [1.82, 2.24) is 4.90 Å². The van der Waals surface area contributed by atoms with Crippen molar-refractivity contribution in [3.63, 3.8) is 0 Å². The van der Waals surface area contributed by atoms with Gasteiger partial charge in [0, 0.05) is 28.7 Å². The Hall–Kier alpha value is -0.780. The Kier molecular flexibility index (Phi) is 6.34. The van der Waals surface area contributed by atoms with Crippen molar-refractivity contribution in [3.05, 3.63) is 33.8 Å². The molecule has 1 amide bonds. The van der Waals surface area contributed by atoms with Gasteiger partial charge in [0.05, 0.1) is 5.75 Å². The molecule has 1 aliphatic rings. The van der Waals surface area contributed by atoms with Crippen molar-refractivity contribution in [2.45, 2.75) is 43.9 Å². The van der Waals surface area contributed by atoms with Gasteiger partial charge in [-0.05, 0) is 25.0 Å². The van der Waals surface area contributed by atoms with Crippen LogP contribution in [0.5, 0.6) is 0 Å². The highest BCUT2D eigenvalue weighted by atomic mass is 35.5. The van der Waals surface area contributed by atoms with Gasteiger partial charge in [0.25, 0.3) is 0 Å². The molecule has 0 N–H and O–H groups in total. The number of carbonyl (C=O) groups excluding carboxylic acids is 1. The number of nitrogens with zero attached hydrogens (tertiary/aromatic N) is 1. The Balaban J connectivity index is 2.04. The van der Waals surface area contributed by atoms with E-state index in [-0.39, 0.29) is 17.7 Å². The first kappa shape index (κ1) is 18.6. The standard InChI is InChI=1S/C16H21Cl2NO3S/c1-19(12-6-3-2-4-7-12)16(20)11-23(21,22)10-13-14(17)8-5-9-15(13)18/h5,8-9,12H,2-4,6-7,10-11H2,1H3. The average molecular weight is 378 g/mol. The van der Waals surface area contributed by atoms with E-state index in [2.05, 4.69) is 0 Å². The van der Waals surface area contributed by atoms with Crippen molar-refractivity contribution in [2.75, 3.05) is 12.8 Å². The fraction of sp³-hybridized carbons (Fsp3) is 0.562. The second-order valence-corrected chi connectivity index (χ2v) is 8.91. The van der Waals surface area contributed by atoms with Crippen LogP contribution < -0.4 is 0 Å². The molecule has 1 saturated carbocycles. The van der Waals surface area contributed by atoms with Crippen LogP contribution in [0.15, 0.2) is 18.2 Å². The molecule has 0 aliphatic heterocycles. The number of sulfone groups is 1. The number of halogens is 2. The fourth-order valence-corrected chi connectivity index (χ4v) is 5.03. The van der Waals surface area contributed by atoms with Gasteiger partial charge in [-0.3, -0.25) is 4.79 Å². The zero-order valence-electron chi connectivity index (χ0n) is 13.1. The maximum atomic E-state index is 12.3. The van der Waals surface area contributed by atoms with Gasteiger partial charge in [-0.25, -0.2) is 8.42 Å². The molecule has 0 radical (unpaired) electrons. The van der Waals surface area contributed by atoms with E-state index in [1.165, 1.54) is 6.42 Å². The lowest BCUT2D eigenvalue weighted by atomic mass is 9.94. The number of rotatable bonds is 5. The van der Waals surface area contributed by atoms with E-state index < -0.39 is 15.6 Å². The molecule has 7 heteroatoms. The van der Waals surface area contributed by atoms with Crippen LogP contribution in [0.2, 0.25) is 10.0 Å². The predicted molar refractivity (Wildman–Crippen MR) is 93.6 cm³/mol. The van der Waals surface area contributed by atoms with Gasteiger partial charge in [0.2, 0.25) is 5.91 Å². The summed E-state index contributed by atoms with van der Waals surface area (Å²) in [7, 11) is -1.93. The van der Waals surface area contributed by atoms with Gasteiger partial charge >= 0.3 is 0 Å². The summed E-state index contributed by atoms with van der Waals surface area (Å²) in [6, 6.07) is 4.99. The molecular formula is C16H21Cl2NO3S. The van der Waals surface area contributed by atoms with Crippen LogP contribution in [-0.4, -0.2) is 38.1 Å². The minimum atomic E-state index is -3.62. The number of hydrogen-bond acceptors (Lipinski definition) is 3. The molecule has 0 spiro atoms. The second kappa shape index (κ2) is 7.86. The lowest BCUT2D eigenvalue weighted by Crippen LogP contribution is -2.41. The summed E-state index contributed by atoms with van der Waals surface area (Å²) in [5, 5.41) is 0.600. The first-order valence-electron chi connectivity index (χ1n) is 7.69. The first-order chi connectivity index (χ1) is 10.8. The summed E-state index contributed by atoms with van der Waals surface area (Å²) in [6.07, 6.45) is 5.24. The quantitative estimate of drug-likeness (QED) is 0.785. The molecule has 128 valence electrons. The molecule has 23 heavy (non-hydrogen) atoms. The van der Waals surface area contributed by atoms with Crippen molar-refractivity contribution in [2.24, 2.45) is 0 Å². The Morgan fingerprint density at radius 3 is 2.30 bits per heavy atom. The molecule has 0 bridgehead atoms. The third-order valence-corrected chi connectivity index (χ3v) is 6.41. The minimum Gasteiger partial charge on any atom is -0.342 e. The Bertz CT molecular complexity index is 650. The Morgan fingerprint density at radius 2 is 1.74 bits per heavy atom. The van der Waals surface area contributed by atoms with E-state index in [4.69, 9.17) is 23.2 Å². The van der Waals surface area contributed by atoms with Gasteiger partial charge in [-0.1, -0.05) is 48.5 Å². The maximum absolute atomic E-state index is 12.3.